The van der Waals surface area contributed by atoms with E-state index in [0.29, 0.717) is 12.8 Å². The molecule has 0 aliphatic heterocycles. The van der Waals surface area contributed by atoms with Crippen molar-refractivity contribution < 1.29 is 34.1 Å². The van der Waals surface area contributed by atoms with Crippen LogP contribution in [0.4, 0.5) is 0 Å². The number of aliphatic hydroxyl groups is 1. The number of esters is 1. The van der Waals surface area contributed by atoms with Gasteiger partial charge in [-0.05, 0) is 70.6 Å². The number of ether oxygens (including phenoxy) is 1. The minimum Gasteiger partial charge on any atom is -0.480 e. The lowest BCUT2D eigenvalue weighted by Crippen LogP contribution is -2.47. The molecular weight excluding hydrogens is 584 g/mol. The van der Waals surface area contributed by atoms with Crippen LogP contribution in [-0.4, -0.2) is 59.3 Å². The molecule has 0 heterocycles. The summed E-state index contributed by atoms with van der Waals surface area (Å²) in [6.07, 6.45) is 33.2. The fourth-order valence-corrected chi connectivity index (χ4v) is 4.90. The number of carbonyl (C=O) groups is 4. The molecule has 264 valence electrons. The lowest BCUT2D eigenvalue weighted by molar-refractivity contribution is -0.150. The van der Waals surface area contributed by atoms with E-state index in [9.17, 15) is 19.2 Å². The first-order valence-corrected chi connectivity index (χ1v) is 17.9. The number of aliphatic hydroxyl groups excluding tert-OH is 1. The van der Waals surface area contributed by atoms with E-state index in [0.717, 1.165) is 89.9 Å². The molecule has 9 nitrogen and oxygen atoms in total. The third-order valence-corrected chi connectivity index (χ3v) is 7.65. The van der Waals surface area contributed by atoms with Gasteiger partial charge in [-0.15, -0.1) is 0 Å². The maximum Gasteiger partial charge on any atom is 0.328 e. The highest BCUT2D eigenvalue weighted by Crippen LogP contribution is 2.18. The average molecular weight is 649 g/mol. The SMILES string of the molecule is CC/C=C\C/C=C\C/C=C\CCCCCC(=O)OC(CCCCCCCC)CCCCCCC(=O)NCC(=O)NC(CO)C(=O)O. The quantitative estimate of drug-likeness (QED) is 0.0347. The lowest BCUT2D eigenvalue weighted by atomic mass is 10.0. The third kappa shape index (κ3) is 28.5. The van der Waals surface area contributed by atoms with Crippen LogP contribution in [0.5, 0.6) is 0 Å². The fraction of sp³-hybridized carbons (Fsp3) is 0.730. The largest absolute Gasteiger partial charge is 0.480 e. The zero-order chi connectivity index (χ0) is 34.1. The van der Waals surface area contributed by atoms with E-state index < -0.39 is 24.5 Å². The number of hydrogen-bond donors (Lipinski definition) is 4. The normalized spacial score (nSPS) is 12.9. The number of aliphatic carboxylic acids is 1. The summed E-state index contributed by atoms with van der Waals surface area (Å²) in [7, 11) is 0. The summed E-state index contributed by atoms with van der Waals surface area (Å²) in [5.41, 5.74) is 0. The monoisotopic (exact) mass is 648 g/mol. The molecule has 0 aromatic carbocycles. The zero-order valence-electron chi connectivity index (χ0n) is 28.8. The van der Waals surface area contributed by atoms with Crippen molar-refractivity contribution in [1.29, 1.82) is 0 Å². The Morgan fingerprint density at radius 2 is 1.24 bits per heavy atom. The summed E-state index contributed by atoms with van der Waals surface area (Å²) >= 11 is 0. The van der Waals surface area contributed by atoms with Gasteiger partial charge in [0.25, 0.3) is 0 Å². The number of rotatable bonds is 31. The molecule has 4 N–H and O–H groups in total. The molecule has 9 heteroatoms. The van der Waals surface area contributed by atoms with E-state index in [1.165, 1.54) is 25.7 Å². The molecule has 0 saturated heterocycles. The number of carbonyl (C=O) groups excluding carboxylic acids is 3. The predicted molar refractivity (Wildman–Crippen MR) is 185 cm³/mol. The standard InChI is InChI=1S/C37H64N2O7/c1-3-5-7-9-11-12-13-14-15-16-17-19-25-29-36(43)46-32(26-22-18-10-8-6-4-2)27-23-20-21-24-28-34(41)38-30-35(42)39-33(31-40)37(44)45/h5,7,11-12,14-15,32-33,40H,3-4,6,8-10,13,16-31H2,1-2H3,(H,38,41)(H,39,42)(H,44,45)/b7-5-,12-11-,15-14-. The van der Waals surface area contributed by atoms with Crippen LogP contribution in [0.15, 0.2) is 36.5 Å². The molecule has 46 heavy (non-hydrogen) atoms. The number of hydrogen-bond acceptors (Lipinski definition) is 6. The molecule has 2 unspecified atom stereocenters. The van der Waals surface area contributed by atoms with Crippen molar-refractivity contribution >= 4 is 23.8 Å². The number of allylic oxidation sites excluding steroid dienone is 6. The molecule has 0 saturated carbocycles. The molecule has 0 bridgehead atoms. The second kappa shape index (κ2) is 32.0. The number of amides is 2. The Morgan fingerprint density at radius 3 is 1.87 bits per heavy atom. The molecule has 0 aliphatic carbocycles. The van der Waals surface area contributed by atoms with Gasteiger partial charge in [0.1, 0.15) is 12.1 Å². The van der Waals surface area contributed by atoms with E-state index in [1.54, 1.807) is 0 Å². The second-order valence-corrected chi connectivity index (χ2v) is 11.9. The van der Waals surface area contributed by atoms with Crippen LogP contribution in [0, 0.1) is 0 Å². The molecule has 0 spiro atoms. The first-order valence-electron chi connectivity index (χ1n) is 17.9. The number of nitrogens with one attached hydrogen (secondary N) is 2. The van der Waals surface area contributed by atoms with Crippen LogP contribution in [0.2, 0.25) is 0 Å². The summed E-state index contributed by atoms with van der Waals surface area (Å²) in [5.74, 6) is -2.37. The lowest BCUT2D eigenvalue weighted by Gasteiger charge is -2.18. The van der Waals surface area contributed by atoms with Crippen LogP contribution in [0.25, 0.3) is 0 Å². The van der Waals surface area contributed by atoms with E-state index in [-0.39, 0.29) is 30.9 Å². The molecule has 2 atom stereocenters. The van der Waals surface area contributed by atoms with Crippen molar-refractivity contribution in [3.8, 4) is 0 Å². The first kappa shape index (κ1) is 43.1. The number of unbranched alkanes of at least 4 members (excludes halogenated alkanes) is 11. The molecule has 0 fully saturated rings. The molecule has 2 amide bonds. The maximum absolute atomic E-state index is 12.6. The second-order valence-electron chi connectivity index (χ2n) is 11.9. The molecule has 0 radical (unpaired) electrons. The van der Waals surface area contributed by atoms with Gasteiger partial charge in [-0.1, -0.05) is 102 Å². The average Bonchev–Trinajstić information content (AvgIpc) is 3.03. The molecule has 0 rings (SSSR count). The number of carboxylic acid groups (broad SMARTS) is 1. The van der Waals surface area contributed by atoms with Gasteiger partial charge < -0.3 is 25.6 Å². The minimum atomic E-state index is -1.39. The Hall–Kier alpha value is -2.94. The van der Waals surface area contributed by atoms with Crippen LogP contribution in [0.3, 0.4) is 0 Å². The van der Waals surface area contributed by atoms with Crippen molar-refractivity contribution in [3.63, 3.8) is 0 Å². The molecule has 0 aliphatic rings. The van der Waals surface area contributed by atoms with Crippen LogP contribution in [0.1, 0.15) is 149 Å². The van der Waals surface area contributed by atoms with Gasteiger partial charge in [0.05, 0.1) is 13.2 Å². The van der Waals surface area contributed by atoms with E-state index >= 15 is 0 Å². The number of carboxylic acids is 1. The first-order chi connectivity index (χ1) is 22.3. The zero-order valence-corrected chi connectivity index (χ0v) is 28.8. The highest BCUT2D eigenvalue weighted by atomic mass is 16.5. The predicted octanol–water partition coefficient (Wildman–Crippen LogP) is 7.48. The summed E-state index contributed by atoms with van der Waals surface area (Å²) < 4.78 is 5.92. The third-order valence-electron chi connectivity index (χ3n) is 7.65. The van der Waals surface area contributed by atoms with Gasteiger partial charge >= 0.3 is 11.9 Å². The Labute approximate surface area is 278 Å². The fourth-order valence-electron chi connectivity index (χ4n) is 4.90. The van der Waals surface area contributed by atoms with Crippen molar-refractivity contribution in [2.24, 2.45) is 0 Å². The van der Waals surface area contributed by atoms with Gasteiger partial charge in [0, 0.05) is 12.8 Å². The molecule has 0 aromatic rings. The van der Waals surface area contributed by atoms with Crippen LogP contribution >= 0.6 is 0 Å². The van der Waals surface area contributed by atoms with Crippen molar-refractivity contribution in [1.82, 2.24) is 10.6 Å². The summed E-state index contributed by atoms with van der Waals surface area (Å²) in [5, 5.41) is 22.4. The van der Waals surface area contributed by atoms with Crippen LogP contribution in [-0.2, 0) is 23.9 Å². The topological polar surface area (TPSA) is 142 Å². The Bertz CT molecular complexity index is 885. The van der Waals surface area contributed by atoms with Crippen molar-refractivity contribution in [3.05, 3.63) is 36.5 Å². The van der Waals surface area contributed by atoms with Crippen molar-refractivity contribution in [2.75, 3.05) is 13.2 Å². The molecular formula is C37H64N2O7. The van der Waals surface area contributed by atoms with Crippen molar-refractivity contribution in [2.45, 2.75) is 161 Å². The van der Waals surface area contributed by atoms with E-state index in [2.05, 4.69) is 60.9 Å². The minimum absolute atomic E-state index is 0.0533. The van der Waals surface area contributed by atoms with Gasteiger partial charge in [-0.3, -0.25) is 14.4 Å². The Kier molecular flexibility index (Phi) is 30.0. The Morgan fingerprint density at radius 1 is 0.674 bits per heavy atom. The summed E-state index contributed by atoms with van der Waals surface area (Å²) in [6.45, 7) is 3.30. The van der Waals surface area contributed by atoms with Gasteiger partial charge in [0.2, 0.25) is 11.8 Å². The summed E-state index contributed by atoms with van der Waals surface area (Å²) in [6, 6.07) is -1.39. The van der Waals surface area contributed by atoms with Gasteiger partial charge in [0.15, 0.2) is 0 Å². The van der Waals surface area contributed by atoms with Gasteiger partial charge in [-0.2, -0.15) is 0 Å². The Balaban J connectivity index is 4.25. The smallest absolute Gasteiger partial charge is 0.328 e. The van der Waals surface area contributed by atoms with E-state index in [1.807, 2.05) is 0 Å². The maximum atomic E-state index is 12.6. The summed E-state index contributed by atoms with van der Waals surface area (Å²) in [4.78, 5) is 47.2. The highest BCUT2D eigenvalue weighted by Gasteiger charge is 2.19. The van der Waals surface area contributed by atoms with Crippen LogP contribution < -0.4 is 10.6 Å². The van der Waals surface area contributed by atoms with E-state index in [4.69, 9.17) is 14.9 Å². The van der Waals surface area contributed by atoms with Gasteiger partial charge in [-0.25, -0.2) is 4.79 Å². The molecule has 0 aromatic heterocycles. The highest BCUT2D eigenvalue weighted by molar-refractivity contribution is 5.87.